The van der Waals surface area contributed by atoms with Gasteiger partial charge in [0.1, 0.15) is 0 Å². The first-order valence-corrected chi connectivity index (χ1v) is 9.77. The van der Waals surface area contributed by atoms with Crippen LogP contribution in [-0.2, 0) is 19.6 Å². The molecular formula is C17H26F3N7S. The molecule has 0 spiro atoms. The Bertz CT molecular complexity index is 767. The summed E-state index contributed by atoms with van der Waals surface area (Å²) in [6.45, 7) is 3.60. The van der Waals surface area contributed by atoms with Gasteiger partial charge in [0.15, 0.2) is 11.7 Å². The third kappa shape index (κ3) is 6.48. The summed E-state index contributed by atoms with van der Waals surface area (Å²) in [4.78, 5) is 10.3. The van der Waals surface area contributed by atoms with Crippen molar-refractivity contribution in [1.29, 1.82) is 0 Å². The number of thiazole rings is 1. The van der Waals surface area contributed by atoms with Crippen LogP contribution in [0, 0.1) is 0 Å². The molecule has 0 radical (unpaired) electrons. The fraction of sp³-hybridized carbons (Fsp3) is 0.588. The van der Waals surface area contributed by atoms with Crippen LogP contribution in [0.3, 0.4) is 0 Å². The number of halogens is 3. The van der Waals surface area contributed by atoms with Gasteiger partial charge in [-0.2, -0.15) is 18.3 Å². The van der Waals surface area contributed by atoms with Gasteiger partial charge < -0.3 is 15.5 Å². The summed E-state index contributed by atoms with van der Waals surface area (Å²) in [5.41, 5.74) is 0.230. The maximum absolute atomic E-state index is 12.6. The van der Waals surface area contributed by atoms with E-state index in [2.05, 4.69) is 30.6 Å². The molecule has 0 fully saturated rings. The minimum absolute atomic E-state index is 0.0671. The minimum atomic E-state index is -4.40. The number of guanidine groups is 1. The predicted molar refractivity (Wildman–Crippen MR) is 104 cm³/mol. The summed E-state index contributed by atoms with van der Waals surface area (Å²) in [7, 11) is 5.83. The van der Waals surface area contributed by atoms with Crippen LogP contribution in [0.25, 0.3) is 0 Å². The number of hydrogen-bond acceptors (Lipinski definition) is 5. The molecule has 11 heteroatoms. The molecule has 2 aromatic rings. The first-order valence-electron chi connectivity index (χ1n) is 8.89. The summed E-state index contributed by atoms with van der Waals surface area (Å²) in [5, 5.41) is 12.0. The highest BCUT2D eigenvalue weighted by Gasteiger charge is 2.33. The van der Waals surface area contributed by atoms with E-state index in [1.807, 2.05) is 40.5 Å². The molecule has 0 amide bonds. The number of aromatic nitrogens is 3. The summed E-state index contributed by atoms with van der Waals surface area (Å²) < 4.78 is 39.6. The first kappa shape index (κ1) is 22.2. The molecule has 0 aromatic carbocycles. The van der Waals surface area contributed by atoms with Gasteiger partial charge in [0, 0.05) is 43.7 Å². The standard InChI is InChI=1S/C17H26F3N7S/c1-5-21-16(22-7-6-15-25-14(11-28-15)17(18,19)20)23-9-13(26(2)3)12-8-24-27(4)10-12/h8,10-11,13H,5-7,9H2,1-4H3,(H2,21,22,23). The lowest BCUT2D eigenvalue weighted by molar-refractivity contribution is -0.140. The van der Waals surface area contributed by atoms with Crippen LogP contribution < -0.4 is 10.6 Å². The Kier molecular flexibility index (Phi) is 7.81. The number of rotatable bonds is 8. The van der Waals surface area contributed by atoms with Crippen molar-refractivity contribution in [2.45, 2.75) is 25.6 Å². The molecule has 0 saturated heterocycles. The largest absolute Gasteiger partial charge is 0.434 e. The van der Waals surface area contributed by atoms with E-state index in [9.17, 15) is 13.2 Å². The third-order valence-electron chi connectivity index (χ3n) is 3.97. The lowest BCUT2D eigenvalue weighted by atomic mass is 10.1. The Morgan fingerprint density at radius 2 is 2.11 bits per heavy atom. The second kappa shape index (κ2) is 9.87. The average molecular weight is 418 g/mol. The molecule has 2 N–H and O–H groups in total. The SMILES string of the molecule is CCNC(=NCC(c1cnn(C)c1)N(C)C)NCCc1nc(C(F)(F)F)cs1. The number of aryl methyl sites for hydroxylation is 1. The van der Waals surface area contributed by atoms with Crippen molar-refractivity contribution in [2.24, 2.45) is 12.0 Å². The molecule has 2 aromatic heterocycles. The zero-order valence-corrected chi connectivity index (χ0v) is 17.2. The Labute approximate surface area is 166 Å². The zero-order chi connectivity index (χ0) is 20.7. The van der Waals surface area contributed by atoms with E-state index in [0.29, 0.717) is 37.0 Å². The normalized spacial score (nSPS) is 13.8. The highest BCUT2D eigenvalue weighted by Crippen LogP contribution is 2.30. The van der Waals surface area contributed by atoms with E-state index in [-0.39, 0.29) is 6.04 Å². The Morgan fingerprint density at radius 3 is 2.64 bits per heavy atom. The Morgan fingerprint density at radius 1 is 1.36 bits per heavy atom. The predicted octanol–water partition coefficient (Wildman–Crippen LogP) is 2.30. The molecule has 0 aliphatic carbocycles. The van der Waals surface area contributed by atoms with E-state index < -0.39 is 11.9 Å². The van der Waals surface area contributed by atoms with Crippen LogP contribution >= 0.6 is 11.3 Å². The van der Waals surface area contributed by atoms with Crippen molar-refractivity contribution in [3.8, 4) is 0 Å². The maximum atomic E-state index is 12.6. The molecule has 0 aliphatic rings. The van der Waals surface area contributed by atoms with Crippen LogP contribution in [0.5, 0.6) is 0 Å². The summed E-state index contributed by atoms with van der Waals surface area (Å²) in [6, 6.07) is 0.0671. The molecule has 156 valence electrons. The molecule has 28 heavy (non-hydrogen) atoms. The van der Waals surface area contributed by atoms with Crippen LogP contribution in [0.1, 0.15) is 29.2 Å². The average Bonchev–Trinajstić information content (AvgIpc) is 3.24. The van der Waals surface area contributed by atoms with Crippen molar-refractivity contribution >= 4 is 17.3 Å². The fourth-order valence-corrected chi connectivity index (χ4v) is 3.35. The van der Waals surface area contributed by atoms with Crippen LogP contribution in [0.15, 0.2) is 22.8 Å². The number of aliphatic imine (C=N–C) groups is 1. The van der Waals surface area contributed by atoms with Gasteiger partial charge >= 0.3 is 6.18 Å². The van der Waals surface area contributed by atoms with Gasteiger partial charge in [0.05, 0.1) is 23.8 Å². The second-order valence-corrected chi connectivity index (χ2v) is 7.39. The van der Waals surface area contributed by atoms with E-state index in [4.69, 9.17) is 0 Å². The smallest absolute Gasteiger partial charge is 0.357 e. The molecule has 0 saturated carbocycles. The highest BCUT2D eigenvalue weighted by molar-refractivity contribution is 7.09. The molecule has 2 rings (SSSR count). The lowest BCUT2D eigenvalue weighted by Gasteiger charge is -2.22. The quantitative estimate of drug-likeness (QED) is 0.510. The molecule has 0 aliphatic heterocycles. The van der Waals surface area contributed by atoms with Crippen LogP contribution in [0.4, 0.5) is 13.2 Å². The van der Waals surface area contributed by atoms with Gasteiger partial charge in [0.25, 0.3) is 0 Å². The molecule has 2 heterocycles. The summed E-state index contributed by atoms with van der Waals surface area (Å²) in [6.07, 6.45) is -0.223. The molecule has 1 atom stereocenters. The van der Waals surface area contributed by atoms with Gasteiger partial charge in [-0.3, -0.25) is 9.67 Å². The van der Waals surface area contributed by atoms with Crippen LogP contribution in [0.2, 0.25) is 0 Å². The van der Waals surface area contributed by atoms with Crippen molar-refractivity contribution in [1.82, 2.24) is 30.3 Å². The lowest BCUT2D eigenvalue weighted by Crippen LogP contribution is -2.39. The van der Waals surface area contributed by atoms with E-state index >= 15 is 0 Å². The zero-order valence-electron chi connectivity index (χ0n) is 16.4. The van der Waals surface area contributed by atoms with Gasteiger partial charge in [-0.25, -0.2) is 4.98 Å². The van der Waals surface area contributed by atoms with E-state index in [0.717, 1.165) is 22.3 Å². The number of alkyl halides is 3. The fourth-order valence-electron chi connectivity index (χ4n) is 2.54. The monoisotopic (exact) mass is 417 g/mol. The Balaban J connectivity index is 1.95. The van der Waals surface area contributed by atoms with Crippen LogP contribution in [-0.4, -0.2) is 59.4 Å². The van der Waals surface area contributed by atoms with Crippen molar-refractivity contribution in [3.05, 3.63) is 34.0 Å². The molecular weight excluding hydrogens is 391 g/mol. The van der Waals surface area contributed by atoms with Gasteiger partial charge in [-0.05, 0) is 21.0 Å². The molecule has 1 unspecified atom stereocenters. The number of likely N-dealkylation sites (N-methyl/N-ethyl adjacent to an activating group) is 1. The first-order chi connectivity index (χ1) is 13.2. The number of nitrogens with one attached hydrogen (secondary N) is 2. The minimum Gasteiger partial charge on any atom is -0.357 e. The summed E-state index contributed by atoms with van der Waals surface area (Å²) in [5.74, 6) is 0.617. The van der Waals surface area contributed by atoms with Gasteiger partial charge in [-0.1, -0.05) is 0 Å². The molecule has 7 nitrogen and oxygen atoms in total. The van der Waals surface area contributed by atoms with Gasteiger partial charge in [0.2, 0.25) is 0 Å². The van der Waals surface area contributed by atoms with Crippen molar-refractivity contribution in [2.75, 3.05) is 33.7 Å². The van der Waals surface area contributed by atoms with E-state index in [1.54, 1.807) is 4.68 Å². The number of hydrogen-bond donors (Lipinski definition) is 2. The summed E-state index contributed by atoms with van der Waals surface area (Å²) >= 11 is 1.02. The number of nitrogens with zero attached hydrogens (tertiary/aromatic N) is 5. The Hall–Kier alpha value is -2.14. The highest BCUT2D eigenvalue weighted by atomic mass is 32.1. The second-order valence-electron chi connectivity index (χ2n) is 6.45. The van der Waals surface area contributed by atoms with E-state index in [1.165, 1.54) is 0 Å². The van der Waals surface area contributed by atoms with Crippen molar-refractivity contribution < 1.29 is 13.2 Å². The topological polar surface area (TPSA) is 70.4 Å². The maximum Gasteiger partial charge on any atom is 0.434 e. The van der Waals surface area contributed by atoms with Gasteiger partial charge in [-0.15, -0.1) is 11.3 Å². The van der Waals surface area contributed by atoms with Crippen molar-refractivity contribution in [3.63, 3.8) is 0 Å². The third-order valence-corrected chi connectivity index (χ3v) is 4.88. The molecule has 0 bridgehead atoms.